The molecule has 0 atom stereocenters. The number of carbonyl (C=O) groups excluding carboxylic acids is 1. The fraction of sp³-hybridized carbons (Fsp3) is 0.421. The lowest BCUT2D eigenvalue weighted by Crippen LogP contribution is -2.54. The first kappa shape index (κ1) is 18.2. The molecule has 0 unspecified atom stereocenters. The molecule has 0 amide bonds. The molecule has 1 aliphatic heterocycles. The summed E-state index contributed by atoms with van der Waals surface area (Å²) in [5.41, 5.74) is 1.52. The first-order valence-electron chi connectivity index (χ1n) is 8.28. The van der Waals surface area contributed by atoms with Crippen LogP contribution in [0.5, 0.6) is 0 Å². The SMILES string of the molecule is COC(CN1CCOCC1)(OC)C(=O)c1ccccc1-c1cccs1. The zero-order valence-corrected chi connectivity index (χ0v) is 15.4. The third-order valence-electron chi connectivity index (χ3n) is 4.50. The number of nitrogens with zero attached hydrogens (tertiary/aromatic N) is 1. The van der Waals surface area contributed by atoms with Gasteiger partial charge in [0.15, 0.2) is 0 Å². The van der Waals surface area contributed by atoms with Gasteiger partial charge in [-0.1, -0.05) is 30.3 Å². The van der Waals surface area contributed by atoms with Crippen LogP contribution in [0.25, 0.3) is 10.4 Å². The van der Waals surface area contributed by atoms with Crippen LogP contribution < -0.4 is 0 Å². The van der Waals surface area contributed by atoms with Crippen LogP contribution in [0.4, 0.5) is 0 Å². The normalized spacial score (nSPS) is 16.1. The minimum absolute atomic E-state index is 0.159. The van der Waals surface area contributed by atoms with Crippen LogP contribution in [0.1, 0.15) is 10.4 Å². The van der Waals surface area contributed by atoms with E-state index >= 15 is 0 Å². The van der Waals surface area contributed by atoms with Gasteiger partial charge in [0, 0.05) is 43.3 Å². The second-order valence-electron chi connectivity index (χ2n) is 5.90. The van der Waals surface area contributed by atoms with Crippen molar-refractivity contribution in [3.05, 3.63) is 47.3 Å². The van der Waals surface area contributed by atoms with Crippen LogP contribution in [-0.2, 0) is 14.2 Å². The monoisotopic (exact) mass is 361 g/mol. The molecular weight excluding hydrogens is 338 g/mol. The van der Waals surface area contributed by atoms with E-state index in [2.05, 4.69) is 4.90 Å². The molecule has 6 heteroatoms. The van der Waals surface area contributed by atoms with E-state index in [1.165, 1.54) is 14.2 Å². The molecule has 134 valence electrons. The molecule has 0 spiro atoms. The number of rotatable bonds is 7. The molecule has 1 aromatic heterocycles. The number of carbonyl (C=O) groups is 1. The molecule has 1 aliphatic rings. The summed E-state index contributed by atoms with van der Waals surface area (Å²) in [7, 11) is 3.05. The molecule has 0 bridgehead atoms. The molecular formula is C19H23NO4S. The second kappa shape index (κ2) is 8.21. The van der Waals surface area contributed by atoms with Gasteiger partial charge in [-0.15, -0.1) is 11.3 Å². The molecule has 0 saturated carbocycles. The lowest BCUT2D eigenvalue weighted by atomic mass is 9.96. The topological polar surface area (TPSA) is 48.0 Å². The number of ketones is 1. The Kier molecular flexibility index (Phi) is 5.98. The second-order valence-corrected chi connectivity index (χ2v) is 6.85. The highest BCUT2D eigenvalue weighted by Gasteiger charge is 2.42. The van der Waals surface area contributed by atoms with Gasteiger partial charge in [-0.25, -0.2) is 0 Å². The minimum atomic E-state index is -1.33. The van der Waals surface area contributed by atoms with Crippen molar-refractivity contribution in [2.45, 2.75) is 5.79 Å². The summed E-state index contributed by atoms with van der Waals surface area (Å²) in [6, 6.07) is 11.6. The van der Waals surface area contributed by atoms with Gasteiger partial charge in [0.2, 0.25) is 11.6 Å². The first-order chi connectivity index (χ1) is 12.2. The number of ether oxygens (including phenoxy) is 3. The number of hydrogen-bond donors (Lipinski definition) is 0. The highest BCUT2D eigenvalue weighted by atomic mass is 32.1. The first-order valence-corrected chi connectivity index (χ1v) is 9.16. The molecule has 0 aliphatic carbocycles. The van der Waals surface area contributed by atoms with Crippen LogP contribution in [0.3, 0.4) is 0 Å². The quantitative estimate of drug-likeness (QED) is 0.561. The van der Waals surface area contributed by atoms with E-state index in [1.54, 1.807) is 11.3 Å². The van der Waals surface area contributed by atoms with Gasteiger partial charge in [-0.3, -0.25) is 9.69 Å². The molecule has 1 saturated heterocycles. The Morgan fingerprint density at radius 3 is 2.52 bits per heavy atom. The standard InChI is InChI=1S/C19H23NO4S/c1-22-19(23-2,14-20-9-11-24-12-10-20)18(21)16-7-4-3-6-15(16)17-8-5-13-25-17/h3-8,13H,9-12,14H2,1-2H3. The van der Waals surface area contributed by atoms with Crippen molar-refractivity contribution in [1.82, 2.24) is 4.90 Å². The predicted octanol–water partition coefficient (Wildman–Crippen LogP) is 2.92. The van der Waals surface area contributed by atoms with Gasteiger partial charge < -0.3 is 14.2 Å². The maximum Gasteiger partial charge on any atom is 0.246 e. The van der Waals surface area contributed by atoms with Gasteiger partial charge >= 0.3 is 0 Å². The van der Waals surface area contributed by atoms with E-state index in [1.807, 2.05) is 41.8 Å². The van der Waals surface area contributed by atoms with Crippen molar-refractivity contribution in [2.75, 3.05) is 47.1 Å². The Labute approximate surface area is 152 Å². The molecule has 1 aromatic carbocycles. The van der Waals surface area contributed by atoms with Crippen LogP contribution in [0.15, 0.2) is 41.8 Å². The molecule has 2 aromatic rings. The maximum absolute atomic E-state index is 13.4. The average Bonchev–Trinajstić information content (AvgIpc) is 3.21. The van der Waals surface area contributed by atoms with Gasteiger partial charge in [0.25, 0.3) is 0 Å². The molecule has 25 heavy (non-hydrogen) atoms. The summed E-state index contributed by atoms with van der Waals surface area (Å²) < 4.78 is 16.6. The fourth-order valence-corrected chi connectivity index (χ4v) is 3.82. The van der Waals surface area contributed by atoms with Crippen molar-refractivity contribution in [1.29, 1.82) is 0 Å². The summed E-state index contributed by atoms with van der Waals surface area (Å²) in [6.45, 7) is 3.20. The van der Waals surface area contributed by atoms with Crippen LogP contribution in [0, 0.1) is 0 Å². The Balaban J connectivity index is 1.93. The summed E-state index contributed by atoms with van der Waals surface area (Å²) in [5, 5.41) is 2.00. The number of methoxy groups -OCH3 is 2. The van der Waals surface area contributed by atoms with Crippen LogP contribution in [0.2, 0.25) is 0 Å². The predicted molar refractivity (Wildman–Crippen MR) is 98.1 cm³/mol. The largest absolute Gasteiger partial charge is 0.379 e. The molecule has 5 nitrogen and oxygen atoms in total. The fourth-order valence-electron chi connectivity index (χ4n) is 3.06. The maximum atomic E-state index is 13.4. The summed E-state index contributed by atoms with van der Waals surface area (Å²) in [4.78, 5) is 16.6. The van der Waals surface area contributed by atoms with Gasteiger partial charge in [-0.2, -0.15) is 0 Å². The van der Waals surface area contributed by atoms with Crippen molar-refractivity contribution >= 4 is 17.1 Å². The van der Waals surface area contributed by atoms with Gasteiger partial charge in [-0.05, 0) is 11.4 Å². The lowest BCUT2D eigenvalue weighted by Gasteiger charge is -2.36. The Hall–Kier alpha value is -1.57. The van der Waals surface area contributed by atoms with E-state index in [4.69, 9.17) is 14.2 Å². The number of benzene rings is 1. The average molecular weight is 361 g/mol. The molecule has 1 fully saturated rings. The lowest BCUT2D eigenvalue weighted by molar-refractivity contribution is -0.184. The van der Waals surface area contributed by atoms with E-state index < -0.39 is 5.79 Å². The van der Waals surface area contributed by atoms with E-state index in [9.17, 15) is 4.79 Å². The molecule has 0 radical (unpaired) electrons. The Bertz CT molecular complexity index is 691. The summed E-state index contributed by atoms with van der Waals surface area (Å²) in [5.74, 6) is -1.49. The molecule has 3 rings (SSSR count). The summed E-state index contributed by atoms with van der Waals surface area (Å²) >= 11 is 1.61. The number of hydrogen-bond acceptors (Lipinski definition) is 6. The Morgan fingerprint density at radius 1 is 1.16 bits per heavy atom. The number of morpholine rings is 1. The zero-order valence-electron chi connectivity index (χ0n) is 14.6. The highest BCUT2D eigenvalue weighted by molar-refractivity contribution is 7.13. The third kappa shape index (κ3) is 3.83. The third-order valence-corrected chi connectivity index (χ3v) is 5.40. The van der Waals surface area contributed by atoms with Gasteiger partial charge in [0.1, 0.15) is 0 Å². The molecule has 0 N–H and O–H groups in total. The van der Waals surface area contributed by atoms with E-state index in [0.717, 1.165) is 23.5 Å². The van der Waals surface area contributed by atoms with Gasteiger partial charge in [0.05, 0.1) is 19.8 Å². The van der Waals surface area contributed by atoms with E-state index in [-0.39, 0.29) is 5.78 Å². The smallest absolute Gasteiger partial charge is 0.246 e. The zero-order chi connectivity index (χ0) is 17.7. The van der Waals surface area contributed by atoms with E-state index in [0.29, 0.717) is 25.3 Å². The summed E-state index contributed by atoms with van der Waals surface area (Å²) in [6.07, 6.45) is 0. The van der Waals surface area contributed by atoms with Crippen molar-refractivity contribution in [3.63, 3.8) is 0 Å². The number of Topliss-reactive ketones (excluding diaryl/α,β-unsaturated/α-hetero) is 1. The number of thiophene rings is 1. The van der Waals surface area contributed by atoms with Crippen molar-refractivity contribution in [3.8, 4) is 10.4 Å². The van der Waals surface area contributed by atoms with Crippen LogP contribution >= 0.6 is 11.3 Å². The molecule has 2 heterocycles. The Morgan fingerprint density at radius 2 is 1.88 bits per heavy atom. The van der Waals surface area contributed by atoms with Crippen molar-refractivity contribution in [2.24, 2.45) is 0 Å². The van der Waals surface area contributed by atoms with Crippen LogP contribution in [-0.4, -0.2) is 63.5 Å². The minimum Gasteiger partial charge on any atom is -0.379 e. The highest BCUT2D eigenvalue weighted by Crippen LogP contribution is 2.31. The van der Waals surface area contributed by atoms with Crippen molar-refractivity contribution < 1.29 is 19.0 Å².